The molecule has 0 atom stereocenters. The van der Waals surface area contributed by atoms with Crippen LogP contribution in [0.1, 0.15) is 0 Å². The van der Waals surface area contributed by atoms with Gasteiger partial charge in [-0.25, -0.2) is 16.8 Å². The molecular weight excluding hydrogens is 670 g/mol. The number of fused-ring (bicyclic) bond motifs is 1. The summed E-state index contributed by atoms with van der Waals surface area (Å²) in [5, 5.41) is 35.8. The molecule has 236 valence electrons. The van der Waals surface area contributed by atoms with E-state index in [0.29, 0.717) is 22.1 Å². The van der Waals surface area contributed by atoms with Crippen molar-refractivity contribution in [2.75, 3.05) is 70.0 Å². The van der Waals surface area contributed by atoms with E-state index in [2.05, 4.69) is 61.8 Å². The van der Waals surface area contributed by atoms with Gasteiger partial charge in [0.1, 0.15) is 32.0 Å². The first-order chi connectivity index (χ1) is 20.9. The van der Waals surface area contributed by atoms with Gasteiger partial charge in [-0.3, -0.25) is 0 Å². The summed E-state index contributed by atoms with van der Waals surface area (Å²) in [7, 11) is -9.25. The number of aliphatic hydroxyl groups is 2. The Morgan fingerprint density at radius 2 is 0.870 bits per heavy atom. The number of rotatable bonds is 16. The minimum Gasteiger partial charge on any atom is -0.747 e. The van der Waals surface area contributed by atoms with E-state index in [9.17, 15) is 25.9 Å². The maximum absolute atomic E-state index is 11.1. The van der Waals surface area contributed by atoms with Crippen molar-refractivity contribution in [3.05, 3.63) is 36.4 Å². The fourth-order valence-corrected chi connectivity index (χ4v) is 4.20. The van der Waals surface area contributed by atoms with Crippen LogP contribution >= 0.6 is 0 Å². The Morgan fingerprint density at radius 1 is 0.543 bits per heavy atom. The summed E-state index contributed by atoms with van der Waals surface area (Å²) in [6.07, 6.45) is 0. The molecule has 0 unspecified atom stereocenters. The van der Waals surface area contributed by atoms with Gasteiger partial charge >= 0.3 is 59.1 Å². The van der Waals surface area contributed by atoms with Crippen LogP contribution in [-0.2, 0) is 20.2 Å². The molecule has 2 aromatic carbocycles. The van der Waals surface area contributed by atoms with E-state index in [1.165, 1.54) is 0 Å². The first-order valence-corrected chi connectivity index (χ1v) is 15.7. The number of nitrogens with zero attached hydrogens (tertiary/aromatic N) is 6. The van der Waals surface area contributed by atoms with Crippen LogP contribution in [0.2, 0.25) is 0 Å². The van der Waals surface area contributed by atoms with Crippen molar-refractivity contribution in [2.24, 2.45) is 0 Å². The average Bonchev–Trinajstić information content (AvgIpc) is 2.96. The van der Waals surface area contributed by atoms with Gasteiger partial charge in [0, 0.05) is 35.2 Å². The second kappa shape index (κ2) is 18.0. The van der Waals surface area contributed by atoms with Crippen molar-refractivity contribution < 1.29 is 95.3 Å². The number of hydrogen-bond acceptors (Lipinski definition) is 20. The third-order valence-corrected chi connectivity index (χ3v) is 6.29. The summed E-state index contributed by atoms with van der Waals surface area (Å²) in [5.74, 6) is -2.37. The van der Waals surface area contributed by atoms with Crippen molar-refractivity contribution in [2.45, 2.75) is 0 Å². The molecule has 4 rings (SSSR count). The van der Waals surface area contributed by atoms with Crippen LogP contribution < -0.4 is 91.0 Å². The molecule has 0 spiro atoms. The Bertz CT molecular complexity index is 1710. The summed E-state index contributed by atoms with van der Waals surface area (Å²) in [6.45, 7) is -0.296. The van der Waals surface area contributed by atoms with E-state index in [4.69, 9.17) is 10.2 Å². The van der Waals surface area contributed by atoms with E-state index in [-0.39, 0.29) is 121 Å². The van der Waals surface area contributed by atoms with E-state index in [1.807, 2.05) is 0 Å². The normalized spacial score (nSPS) is 11.1. The van der Waals surface area contributed by atoms with Gasteiger partial charge in [0.15, 0.2) is 0 Å². The van der Waals surface area contributed by atoms with Gasteiger partial charge in [0.05, 0.1) is 13.2 Å². The number of benzene rings is 2. The molecule has 0 aliphatic heterocycles. The average molecular weight is 697 g/mol. The van der Waals surface area contributed by atoms with Crippen LogP contribution in [0.15, 0.2) is 36.4 Å². The fourth-order valence-electron chi connectivity index (χ4n) is 3.59. The first kappa shape index (κ1) is 39.4. The van der Waals surface area contributed by atoms with Crippen molar-refractivity contribution in [1.82, 2.24) is 29.9 Å². The molecule has 8 N–H and O–H groups in total. The van der Waals surface area contributed by atoms with Gasteiger partial charge < -0.3 is 51.2 Å². The third kappa shape index (κ3) is 12.5. The second-order valence-electron chi connectivity index (χ2n) is 8.63. The molecule has 0 radical (unpaired) electrons. The van der Waals surface area contributed by atoms with Gasteiger partial charge in [0.25, 0.3) is 0 Å². The zero-order chi connectivity index (χ0) is 31.7. The standard InChI is InChI=1S/C22H28N12O8S2.2Na/c35-9-7-23-17-29-19(25-11-43(37,38)39)33-21(31-17)27-15-5-1-3-13-14(15)4-2-6-16(13)28-22-32-18(24-8-10-36)30-20(34-22)26-12-44(40,41)42;;/h1-6,35-36H,7-12H2,(H,37,38,39)(H,40,41,42)(H3,23,25,27,29,31,33)(H3,24,26,28,30,32,34);;/q;2*+1/p-2. The summed E-state index contributed by atoms with van der Waals surface area (Å²) in [6, 6.07) is 10.4. The molecule has 0 aliphatic rings. The second-order valence-corrected chi connectivity index (χ2v) is 11.4. The van der Waals surface area contributed by atoms with Crippen LogP contribution in [0.3, 0.4) is 0 Å². The van der Waals surface area contributed by atoms with E-state index in [1.54, 1.807) is 36.4 Å². The van der Waals surface area contributed by atoms with Gasteiger partial charge in [-0.05, 0) is 12.1 Å². The van der Waals surface area contributed by atoms with Crippen molar-refractivity contribution >= 4 is 78.1 Å². The number of aliphatic hydroxyl groups excluding tert-OH is 2. The van der Waals surface area contributed by atoms with Crippen molar-refractivity contribution in [3.63, 3.8) is 0 Å². The molecule has 4 aromatic rings. The van der Waals surface area contributed by atoms with Crippen LogP contribution in [0.25, 0.3) is 10.8 Å². The molecule has 0 saturated carbocycles. The molecule has 0 fully saturated rings. The molecule has 2 aromatic heterocycles. The maximum atomic E-state index is 11.1. The van der Waals surface area contributed by atoms with Crippen LogP contribution in [0, 0.1) is 0 Å². The quantitative estimate of drug-likeness (QED) is 0.0399. The van der Waals surface area contributed by atoms with Gasteiger partial charge in [0.2, 0.25) is 35.7 Å². The Morgan fingerprint density at radius 3 is 1.20 bits per heavy atom. The maximum Gasteiger partial charge on any atom is 1.00 e. The molecule has 0 bridgehead atoms. The van der Waals surface area contributed by atoms with Gasteiger partial charge in [-0.15, -0.1) is 0 Å². The molecular formula is C22H26N12Na2O8S2. The zero-order valence-corrected chi connectivity index (χ0v) is 30.2. The zero-order valence-electron chi connectivity index (χ0n) is 24.6. The Hall–Kier alpha value is -2.74. The molecule has 2 heterocycles. The summed E-state index contributed by atoms with van der Waals surface area (Å²) >= 11 is 0. The molecule has 0 aliphatic carbocycles. The van der Waals surface area contributed by atoms with E-state index >= 15 is 0 Å². The van der Waals surface area contributed by atoms with E-state index < -0.39 is 32.0 Å². The number of aromatic nitrogens is 6. The number of anilines is 8. The van der Waals surface area contributed by atoms with Crippen LogP contribution in [-0.4, -0.2) is 104 Å². The topological polar surface area (TPSA) is 304 Å². The molecule has 46 heavy (non-hydrogen) atoms. The largest absolute Gasteiger partial charge is 1.00 e. The van der Waals surface area contributed by atoms with Crippen LogP contribution in [0.4, 0.5) is 47.1 Å². The third-order valence-electron chi connectivity index (χ3n) is 5.29. The minimum absolute atomic E-state index is 0. The Labute approximate surface area is 307 Å². The summed E-state index contributed by atoms with van der Waals surface area (Å²) in [4.78, 5) is 24.7. The van der Waals surface area contributed by atoms with Gasteiger partial charge in [-0.1, -0.05) is 24.3 Å². The minimum atomic E-state index is -4.63. The Kier molecular flexibility index (Phi) is 15.4. The fraction of sp³-hybridized carbons (Fsp3) is 0.273. The predicted octanol–water partition coefficient (Wildman–Crippen LogP) is -6.66. The molecule has 0 saturated heterocycles. The smallest absolute Gasteiger partial charge is 0.747 e. The molecule has 24 heteroatoms. The van der Waals surface area contributed by atoms with Crippen molar-refractivity contribution in [3.8, 4) is 0 Å². The summed E-state index contributed by atoms with van der Waals surface area (Å²) in [5.41, 5.74) is 1.02. The molecule has 20 nitrogen and oxygen atoms in total. The number of nitrogens with one attached hydrogen (secondary N) is 6. The van der Waals surface area contributed by atoms with Gasteiger partial charge in [-0.2, -0.15) is 29.9 Å². The SMILES string of the molecule is O=S(=O)([O-])CNc1nc(NCCO)nc(Nc2cccc3c(Nc4nc(NCCO)nc(NCS(=O)(=O)[O-])n4)cccc23)n1.[Na+].[Na+]. The summed E-state index contributed by atoms with van der Waals surface area (Å²) < 4.78 is 66.5. The number of hydrogen-bond donors (Lipinski definition) is 8. The van der Waals surface area contributed by atoms with E-state index in [0.717, 1.165) is 0 Å². The van der Waals surface area contributed by atoms with Crippen molar-refractivity contribution in [1.29, 1.82) is 0 Å². The van der Waals surface area contributed by atoms with Crippen LogP contribution in [0.5, 0.6) is 0 Å². The first-order valence-electron chi connectivity index (χ1n) is 12.5. The predicted molar refractivity (Wildman–Crippen MR) is 158 cm³/mol. The molecule has 0 amide bonds. The Balaban J connectivity index is 0.00000368. The monoisotopic (exact) mass is 696 g/mol.